The number of hydrogen-bond donors (Lipinski definition) is 0. The van der Waals surface area contributed by atoms with E-state index >= 15 is 0 Å². The number of aromatic nitrogens is 2. The Balaban J connectivity index is 2.13. The van der Waals surface area contributed by atoms with Gasteiger partial charge in [-0.1, -0.05) is 6.92 Å². The molecule has 0 amide bonds. The van der Waals surface area contributed by atoms with E-state index in [1.165, 1.54) is 7.11 Å². The summed E-state index contributed by atoms with van der Waals surface area (Å²) in [6.07, 6.45) is 3.93. The molecule has 1 aliphatic heterocycles. The minimum Gasteiger partial charge on any atom is -0.463 e. The van der Waals surface area contributed by atoms with Crippen LogP contribution in [0.25, 0.3) is 0 Å². The van der Waals surface area contributed by atoms with Gasteiger partial charge in [-0.25, -0.2) is 14.8 Å². The van der Waals surface area contributed by atoms with Gasteiger partial charge in [-0.2, -0.15) is 0 Å². The molecule has 0 spiro atoms. The van der Waals surface area contributed by atoms with Gasteiger partial charge in [0.15, 0.2) is 0 Å². The second kappa shape index (κ2) is 5.12. The van der Waals surface area contributed by atoms with E-state index in [0.717, 1.165) is 37.7 Å². The maximum atomic E-state index is 11.3. The summed E-state index contributed by atoms with van der Waals surface area (Å²) >= 11 is 0. The predicted molar refractivity (Wildman–Crippen MR) is 64.0 cm³/mol. The fourth-order valence-corrected chi connectivity index (χ4v) is 1.95. The summed E-state index contributed by atoms with van der Waals surface area (Å²) in [7, 11) is 1.33. The Labute approximate surface area is 101 Å². The van der Waals surface area contributed by atoms with Crippen LogP contribution in [-0.2, 0) is 4.74 Å². The third-order valence-electron chi connectivity index (χ3n) is 3.12. The highest BCUT2D eigenvalue weighted by Crippen LogP contribution is 2.20. The molecule has 1 aliphatic rings. The Kier molecular flexibility index (Phi) is 3.56. The largest absolute Gasteiger partial charge is 0.463 e. The zero-order chi connectivity index (χ0) is 12.3. The van der Waals surface area contributed by atoms with E-state index in [4.69, 9.17) is 0 Å². The third kappa shape index (κ3) is 2.72. The molecule has 2 heterocycles. The molecule has 0 unspecified atom stereocenters. The van der Waals surface area contributed by atoms with Gasteiger partial charge in [-0.3, -0.25) is 0 Å². The molecule has 0 radical (unpaired) electrons. The molecule has 0 aromatic carbocycles. The Morgan fingerprint density at radius 2 is 2.18 bits per heavy atom. The molecule has 17 heavy (non-hydrogen) atoms. The van der Waals surface area contributed by atoms with Gasteiger partial charge in [0.1, 0.15) is 5.82 Å². The van der Waals surface area contributed by atoms with Gasteiger partial charge in [-0.15, -0.1) is 0 Å². The van der Waals surface area contributed by atoms with Crippen molar-refractivity contribution in [2.75, 3.05) is 25.1 Å². The summed E-state index contributed by atoms with van der Waals surface area (Å²) in [5.41, 5.74) is 0. The van der Waals surface area contributed by atoms with Crippen molar-refractivity contribution in [3.8, 4) is 0 Å². The molecule has 0 saturated carbocycles. The highest BCUT2D eigenvalue weighted by atomic mass is 16.5. The number of nitrogens with zero attached hydrogens (tertiary/aromatic N) is 3. The van der Waals surface area contributed by atoms with E-state index in [1.54, 1.807) is 6.20 Å². The first-order valence-corrected chi connectivity index (χ1v) is 5.87. The maximum Gasteiger partial charge on any atom is 0.376 e. The van der Waals surface area contributed by atoms with Crippen molar-refractivity contribution < 1.29 is 9.53 Å². The van der Waals surface area contributed by atoms with Crippen LogP contribution in [0.1, 0.15) is 30.4 Å². The molecule has 1 aromatic rings. The monoisotopic (exact) mass is 235 g/mol. The standard InChI is InChI=1S/C12H17N3O2/c1-9-4-7-15(8-5-9)10-3-6-13-11(14-10)12(16)17-2/h3,6,9H,4-5,7-8H2,1-2H3. The van der Waals surface area contributed by atoms with E-state index in [1.807, 2.05) is 6.07 Å². The van der Waals surface area contributed by atoms with E-state index in [2.05, 4.69) is 26.5 Å². The molecule has 5 heteroatoms. The van der Waals surface area contributed by atoms with Crippen LogP contribution < -0.4 is 4.90 Å². The van der Waals surface area contributed by atoms with E-state index in [0.29, 0.717) is 0 Å². The Hall–Kier alpha value is -1.65. The number of esters is 1. The maximum absolute atomic E-state index is 11.3. The molecule has 92 valence electrons. The molecule has 0 atom stereocenters. The average molecular weight is 235 g/mol. The van der Waals surface area contributed by atoms with Crippen molar-refractivity contribution >= 4 is 11.8 Å². The number of carbonyl (C=O) groups excluding carboxylic acids is 1. The molecular formula is C12H17N3O2. The highest BCUT2D eigenvalue weighted by Gasteiger charge is 2.18. The van der Waals surface area contributed by atoms with Crippen LogP contribution in [-0.4, -0.2) is 36.1 Å². The normalized spacial score (nSPS) is 16.9. The first-order valence-electron chi connectivity index (χ1n) is 5.87. The van der Waals surface area contributed by atoms with Gasteiger partial charge in [-0.05, 0) is 24.8 Å². The molecule has 0 aliphatic carbocycles. The zero-order valence-electron chi connectivity index (χ0n) is 10.2. The number of piperidine rings is 1. The number of carbonyl (C=O) groups is 1. The number of ether oxygens (including phenoxy) is 1. The molecule has 5 nitrogen and oxygen atoms in total. The minimum atomic E-state index is -0.489. The molecule has 1 fully saturated rings. The van der Waals surface area contributed by atoms with Crippen molar-refractivity contribution in [2.24, 2.45) is 5.92 Å². The number of anilines is 1. The summed E-state index contributed by atoms with van der Waals surface area (Å²) in [5, 5.41) is 0. The fraction of sp³-hybridized carbons (Fsp3) is 0.583. The van der Waals surface area contributed by atoms with E-state index in [-0.39, 0.29) is 5.82 Å². The Morgan fingerprint density at radius 1 is 1.47 bits per heavy atom. The smallest absolute Gasteiger partial charge is 0.376 e. The lowest BCUT2D eigenvalue weighted by molar-refractivity contribution is 0.0586. The van der Waals surface area contributed by atoms with Gasteiger partial charge in [0.05, 0.1) is 7.11 Å². The zero-order valence-corrected chi connectivity index (χ0v) is 10.2. The van der Waals surface area contributed by atoms with Gasteiger partial charge in [0.2, 0.25) is 5.82 Å². The third-order valence-corrected chi connectivity index (χ3v) is 3.12. The molecule has 1 aromatic heterocycles. The van der Waals surface area contributed by atoms with Gasteiger partial charge in [0.25, 0.3) is 0 Å². The quantitative estimate of drug-likeness (QED) is 0.727. The summed E-state index contributed by atoms with van der Waals surface area (Å²) in [4.78, 5) is 21.7. The lowest BCUT2D eigenvalue weighted by atomic mass is 9.99. The Bertz CT molecular complexity index is 400. The first kappa shape index (κ1) is 11.8. The Morgan fingerprint density at radius 3 is 2.82 bits per heavy atom. The van der Waals surface area contributed by atoms with Crippen LogP contribution in [0.5, 0.6) is 0 Å². The lowest BCUT2D eigenvalue weighted by Gasteiger charge is -2.31. The van der Waals surface area contributed by atoms with Crippen molar-refractivity contribution in [3.05, 3.63) is 18.1 Å². The van der Waals surface area contributed by atoms with Crippen molar-refractivity contribution in [1.29, 1.82) is 0 Å². The van der Waals surface area contributed by atoms with Crippen LogP contribution in [0, 0.1) is 5.92 Å². The molecular weight excluding hydrogens is 218 g/mol. The van der Waals surface area contributed by atoms with Crippen LogP contribution in [0.15, 0.2) is 12.3 Å². The van der Waals surface area contributed by atoms with Gasteiger partial charge in [0, 0.05) is 19.3 Å². The summed E-state index contributed by atoms with van der Waals surface area (Å²) in [5.74, 6) is 1.22. The van der Waals surface area contributed by atoms with Crippen molar-refractivity contribution in [3.63, 3.8) is 0 Å². The highest BCUT2D eigenvalue weighted by molar-refractivity contribution is 5.85. The molecule has 0 N–H and O–H groups in total. The summed E-state index contributed by atoms with van der Waals surface area (Å²) in [6.45, 7) is 4.23. The van der Waals surface area contributed by atoms with E-state index in [9.17, 15) is 4.79 Å². The van der Waals surface area contributed by atoms with Crippen LogP contribution in [0.2, 0.25) is 0 Å². The first-order chi connectivity index (χ1) is 8.20. The average Bonchev–Trinajstić information content (AvgIpc) is 2.39. The van der Waals surface area contributed by atoms with Crippen LogP contribution in [0.4, 0.5) is 5.82 Å². The number of rotatable bonds is 2. The van der Waals surface area contributed by atoms with E-state index < -0.39 is 5.97 Å². The summed E-state index contributed by atoms with van der Waals surface area (Å²) in [6, 6.07) is 1.84. The SMILES string of the molecule is COC(=O)c1nccc(N2CCC(C)CC2)n1. The lowest BCUT2D eigenvalue weighted by Crippen LogP contribution is -2.33. The van der Waals surface area contributed by atoms with Crippen LogP contribution in [0.3, 0.4) is 0 Å². The summed E-state index contributed by atoms with van der Waals surface area (Å²) < 4.78 is 4.61. The molecule has 0 bridgehead atoms. The topological polar surface area (TPSA) is 55.3 Å². The number of methoxy groups -OCH3 is 1. The molecule has 2 rings (SSSR count). The van der Waals surface area contributed by atoms with Crippen molar-refractivity contribution in [1.82, 2.24) is 9.97 Å². The van der Waals surface area contributed by atoms with Gasteiger partial charge < -0.3 is 9.64 Å². The second-order valence-electron chi connectivity index (χ2n) is 4.40. The van der Waals surface area contributed by atoms with Crippen LogP contribution >= 0.6 is 0 Å². The molecule has 1 saturated heterocycles. The van der Waals surface area contributed by atoms with Gasteiger partial charge >= 0.3 is 5.97 Å². The number of hydrogen-bond acceptors (Lipinski definition) is 5. The fourth-order valence-electron chi connectivity index (χ4n) is 1.95. The van der Waals surface area contributed by atoms with Crippen molar-refractivity contribution in [2.45, 2.75) is 19.8 Å². The minimum absolute atomic E-state index is 0.128. The predicted octanol–water partition coefficient (Wildman–Crippen LogP) is 1.50. The second-order valence-corrected chi connectivity index (χ2v) is 4.40.